The van der Waals surface area contributed by atoms with Crippen LogP contribution in [0.4, 0.5) is 10.5 Å². The lowest BCUT2D eigenvalue weighted by molar-refractivity contribution is 0.0416. The second-order valence-electron chi connectivity index (χ2n) is 7.33. The number of para-hydroxylation sites is 1. The molecule has 3 rings (SSSR count). The van der Waals surface area contributed by atoms with Crippen molar-refractivity contribution in [1.82, 2.24) is 0 Å². The molecule has 2 aromatic rings. The van der Waals surface area contributed by atoms with Gasteiger partial charge in [-0.3, -0.25) is 5.32 Å². The third kappa shape index (κ3) is 4.94. The van der Waals surface area contributed by atoms with Crippen LogP contribution in [0, 0.1) is 0 Å². The van der Waals surface area contributed by atoms with Crippen LogP contribution in [0.25, 0.3) is 0 Å². The number of carbonyl (C=O) groups excluding carboxylic acids is 1. The zero-order valence-corrected chi connectivity index (χ0v) is 18.5. The Labute approximate surface area is 179 Å². The van der Waals surface area contributed by atoms with E-state index < -0.39 is 22.9 Å². The molecule has 0 spiro atoms. The van der Waals surface area contributed by atoms with Crippen LogP contribution < -0.4 is 19.5 Å². The first-order chi connectivity index (χ1) is 14.4. The van der Waals surface area contributed by atoms with E-state index >= 15 is 0 Å². The number of fused-ring (bicyclic) bond motifs is 1. The molecule has 1 amide bonds. The van der Waals surface area contributed by atoms with Crippen molar-refractivity contribution in [2.75, 3.05) is 31.9 Å². The molecule has 1 heterocycles. The molecule has 1 N–H and O–H groups in total. The second kappa shape index (κ2) is 9.49. The van der Waals surface area contributed by atoms with Crippen molar-refractivity contribution in [3.05, 3.63) is 42.0 Å². The van der Waals surface area contributed by atoms with E-state index in [0.29, 0.717) is 40.2 Å². The summed E-state index contributed by atoms with van der Waals surface area (Å²) in [5, 5.41) is 2.73. The summed E-state index contributed by atoms with van der Waals surface area (Å²) >= 11 is -1.14. The number of unbranched alkanes of at least 4 members (excludes halogenated alkanes) is 1. The Hall–Kier alpha value is -2.58. The van der Waals surface area contributed by atoms with Gasteiger partial charge < -0.3 is 23.5 Å². The number of hydrogen-bond donors (Lipinski definition) is 1. The van der Waals surface area contributed by atoms with Crippen molar-refractivity contribution in [1.29, 1.82) is 0 Å². The second-order valence-corrected chi connectivity index (χ2v) is 8.90. The van der Waals surface area contributed by atoms with Crippen LogP contribution in [0.15, 0.2) is 41.3 Å². The van der Waals surface area contributed by atoms with Crippen LogP contribution in [-0.4, -0.2) is 37.2 Å². The lowest BCUT2D eigenvalue weighted by Gasteiger charge is -2.33. The molecule has 1 unspecified atom stereocenters. The van der Waals surface area contributed by atoms with E-state index in [4.69, 9.17) is 18.9 Å². The molecule has 162 valence electrons. The van der Waals surface area contributed by atoms with Crippen molar-refractivity contribution in [3.63, 3.8) is 0 Å². The van der Waals surface area contributed by atoms with E-state index in [1.54, 1.807) is 32.4 Å². The van der Waals surface area contributed by atoms with Crippen molar-refractivity contribution in [3.8, 4) is 17.2 Å². The first kappa shape index (κ1) is 22.1. The largest absolute Gasteiger partial charge is 0.611 e. The molecule has 7 nitrogen and oxygen atoms in total. The van der Waals surface area contributed by atoms with Gasteiger partial charge in [0.25, 0.3) is 0 Å². The van der Waals surface area contributed by atoms with E-state index in [2.05, 4.69) is 5.32 Å². The highest BCUT2D eigenvalue weighted by Gasteiger charge is 2.34. The number of hydrogen-bond acceptors (Lipinski definition) is 6. The monoisotopic (exact) mass is 433 g/mol. The Morgan fingerprint density at radius 1 is 1.07 bits per heavy atom. The standard InChI is InChI=1S/C22H27NO6S/c1-22(2)16-8-7-9-18(20(16)23-21(24)29-22)28-12-5-6-13-30(25)15-10-11-17(26-3)19(14-15)27-4/h7-11,14H,5-6,12-13H2,1-4H3,(H,23,24). The zero-order valence-electron chi connectivity index (χ0n) is 17.7. The first-order valence-electron chi connectivity index (χ1n) is 9.72. The molecule has 1 aliphatic heterocycles. The number of ether oxygens (including phenoxy) is 4. The van der Waals surface area contributed by atoms with Crippen LogP contribution >= 0.6 is 0 Å². The Morgan fingerprint density at radius 3 is 2.57 bits per heavy atom. The van der Waals surface area contributed by atoms with Gasteiger partial charge in [-0.15, -0.1) is 0 Å². The molecule has 2 aromatic carbocycles. The van der Waals surface area contributed by atoms with E-state index in [1.165, 1.54) is 0 Å². The van der Waals surface area contributed by atoms with E-state index in [9.17, 15) is 9.35 Å². The summed E-state index contributed by atoms with van der Waals surface area (Å²) in [5.74, 6) is 2.30. The van der Waals surface area contributed by atoms with Crippen molar-refractivity contribution in [2.24, 2.45) is 0 Å². The molecule has 0 bridgehead atoms. The van der Waals surface area contributed by atoms with Gasteiger partial charge in [-0.05, 0) is 56.1 Å². The van der Waals surface area contributed by atoms with Crippen LogP contribution in [0.5, 0.6) is 17.2 Å². The minimum absolute atomic E-state index is 0.455. The van der Waals surface area contributed by atoms with Gasteiger partial charge in [0, 0.05) is 11.6 Å². The van der Waals surface area contributed by atoms with Gasteiger partial charge >= 0.3 is 6.09 Å². The highest BCUT2D eigenvalue weighted by molar-refractivity contribution is 7.91. The highest BCUT2D eigenvalue weighted by atomic mass is 32.2. The van der Waals surface area contributed by atoms with Gasteiger partial charge in [0.15, 0.2) is 16.4 Å². The summed E-state index contributed by atoms with van der Waals surface area (Å²) in [6.45, 7) is 4.15. The minimum atomic E-state index is -1.14. The Morgan fingerprint density at radius 2 is 1.83 bits per heavy atom. The molecule has 0 saturated carbocycles. The predicted molar refractivity (Wildman–Crippen MR) is 115 cm³/mol. The average molecular weight is 434 g/mol. The quantitative estimate of drug-likeness (QED) is 0.464. The number of benzene rings is 2. The molecule has 0 aromatic heterocycles. The maximum atomic E-state index is 12.6. The topological polar surface area (TPSA) is 89.1 Å². The third-order valence-electron chi connectivity index (χ3n) is 4.85. The number of anilines is 1. The third-order valence-corrected chi connectivity index (χ3v) is 6.29. The SMILES string of the molecule is COc1ccc([S+]([O-])CCCCOc2cccc3c2NC(=O)OC3(C)C)cc1OC. The van der Waals surface area contributed by atoms with Crippen LogP contribution in [-0.2, 0) is 21.5 Å². The minimum Gasteiger partial charge on any atom is -0.611 e. The number of nitrogens with one attached hydrogen (secondary N) is 1. The zero-order chi connectivity index (χ0) is 21.7. The summed E-state index contributed by atoms with van der Waals surface area (Å²) in [5.41, 5.74) is 0.801. The molecule has 30 heavy (non-hydrogen) atoms. The first-order valence-corrected chi connectivity index (χ1v) is 11.0. The number of carbonyl (C=O) groups is 1. The lowest BCUT2D eigenvalue weighted by atomic mass is 9.94. The van der Waals surface area contributed by atoms with Gasteiger partial charge in [0.2, 0.25) is 0 Å². The number of methoxy groups -OCH3 is 2. The maximum Gasteiger partial charge on any atom is 0.412 e. The number of amides is 1. The number of rotatable bonds is 9. The highest BCUT2D eigenvalue weighted by Crippen LogP contribution is 2.40. The maximum absolute atomic E-state index is 12.6. The van der Waals surface area contributed by atoms with Crippen molar-refractivity contribution < 1.29 is 28.3 Å². The fraction of sp³-hybridized carbons (Fsp3) is 0.409. The van der Waals surface area contributed by atoms with E-state index in [-0.39, 0.29) is 0 Å². The van der Waals surface area contributed by atoms with Gasteiger partial charge in [-0.1, -0.05) is 12.1 Å². The van der Waals surface area contributed by atoms with Crippen molar-refractivity contribution in [2.45, 2.75) is 37.2 Å². The molecule has 0 saturated heterocycles. The Balaban J connectivity index is 1.52. The number of cyclic esters (lactones) is 1. The molecular weight excluding hydrogens is 406 g/mol. The average Bonchev–Trinajstić information content (AvgIpc) is 2.72. The molecular formula is C22H27NO6S. The Kier molecular flexibility index (Phi) is 6.99. The van der Waals surface area contributed by atoms with Crippen molar-refractivity contribution >= 4 is 23.0 Å². The van der Waals surface area contributed by atoms with Gasteiger partial charge in [-0.25, -0.2) is 4.79 Å². The van der Waals surface area contributed by atoms with Crippen LogP contribution in [0.2, 0.25) is 0 Å². The van der Waals surface area contributed by atoms with E-state index in [1.807, 2.05) is 32.0 Å². The van der Waals surface area contributed by atoms with Gasteiger partial charge in [0.1, 0.15) is 17.1 Å². The fourth-order valence-electron chi connectivity index (χ4n) is 3.29. The smallest absolute Gasteiger partial charge is 0.412 e. The van der Waals surface area contributed by atoms with Gasteiger partial charge in [0.05, 0.1) is 26.5 Å². The summed E-state index contributed by atoms with van der Waals surface area (Å²) in [4.78, 5) is 12.5. The molecule has 8 heteroatoms. The lowest BCUT2D eigenvalue weighted by Crippen LogP contribution is -2.34. The fourth-order valence-corrected chi connectivity index (χ4v) is 4.45. The predicted octanol–water partition coefficient (Wildman–Crippen LogP) is 4.47. The molecule has 0 radical (unpaired) electrons. The summed E-state index contributed by atoms with van der Waals surface area (Å²) in [6.07, 6.45) is 0.974. The van der Waals surface area contributed by atoms with Crippen LogP contribution in [0.1, 0.15) is 32.3 Å². The normalized spacial score (nSPS) is 15.4. The van der Waals surface area contributed by atoms with Crippen LogP contribution in [0.3, 0.4) is 0 Å². The summed E-state index contributed by atoms with van der Waals surface area (Å²) in [7, 11) is 3.12. The van der Waals surface area contributed by atoms with E-state index in [0.717, 1.165) is 18.4 Å². The molecule has 1 atom stereocenters. The molecule has 0 aliphatic carbocycles. The molecule has 0 fully saturated rings. The Bertz CT molecular complexity index is 901. The summed E-state index contributed by atoms with van der Waals surface area (Å²) in [6, 6.07) is 10.9. The molecule has 1 aliphatic rings. The van der Waals surface area contributed by atoms with Gasteiger partial charge in [-0.2, -0.15) is 0 Å². The summed E-state index contributed by atoms with van der Waals surface area (Å²) < 4.78 is 34.3.